The normalized spacial score (nSPS) is 16.4. The van der Waals surface area contributed by atoms with Gasteiger partial charge in [-0.2, -0.15) is 0 Å². The second-order valence-corrected chi connectivity index (χ2v) is 7.11. The summed E-state index contributed by atoms with van der Waals surface area (Å²) in [6, 6.07) is 5.64. The predicted octanol–water partition coefficient (Wildman–Crippen LogP) is 3.79. The topological polar surface area (TPSA) is 39.7 Å². The lowest BCUT2D eigenvalue weighted by molar-refractivity contribution is 0.206. The molecular formula is C18H29BrFIN4. The quantitative estimate of drug-likeness (QED) is 0.336. The Labute approximate surface area is 176 Å². The van der Waals surface area contributed by atoms with E-state index in [-0.39, 0.29) is 29.8 Å². The number of hydrogen-bond acceptors (Lipinski definition) is 2. The molecule has 0 amide bonds. The maximum absolute atomic E-state index is 13.2. The molecule has 1 aliphatic heterocycles. The van der Waals surface area contributed by atoms with Crippen molar-refractivity contribution in [2.45, 2.75) is 38.6 Å². The Hall–Kier alpha value is -0.410. The predicted molar refractivity (Wildman–Crippen MR) is 117 cm³/mol. The number of rotatable bonds is 6. The summed E-state index contributed by atoms with van der Waals surface area (Å²) in [5.74, 6) is 0.628. The van der Waals surface area contributed by atoms with Gasteiger partial charge in [0.15, 0.2) is 5.96 Å². The van der Waals surface area contributed by atoms with Crippen LogP contribution < -0.4 is 10.6 Å². The van der Waals surface area contributed by atoms with Gasteiger partial charge in [-0.1, -0.05) is 13.0 Å². The molecule has 0 aliphatic carbocycles. The second kappa shape index (κ2) is 12.1. The van der Waals surface area contributed by atoms with Crippen molar-refractivity contribution in [2.75, 3.05) is 33.2 Å². The van der Waals surface area contributed by atoms with Crippen molar-refractivity contribution in [2.24, 2.45) is 4.99 Å². The number of nitrogens with one attached hydrogen (secondary N) is 2. The van der Waals surface area contributed by atoms with Gasteiger partial charge in [0.25, 0.3) is 0 Å². The molecule has 2 rings (SSSR count). The molecular weight excluding hydrogens is 498 g/mol. The van der Waals surface area contributed by atoms with Crippen LogP contribution in [0, 0.1) is 5.82 Å². The minimum absolute atomic E-state index is 0. The molecule has 0 unspecified atom stereocenters. The van der Waals surface area contributed by atoms with Crippen molar-refractivity contribution in [1.29, 1.82) is 0 Å². The van der Waals surface area contributed by atoms with Gasteiger partial charge < -0.3 is 15.5 Å². The molecule has 2 N–H and O–H groups in total. The zero-order chi connectivity index (χ0) is 17.4. The summed E-state index contributed by atoms with van der Waals surface area (Å²) in [5.41, 5.74) is 1.10. The minimum Gasteiger partial charge on any atom is -0.356 e. The molecule has 0 saturated carbocycles. The highest BCUT2D eigenvalue weighted by Gasteiger charge is 2.19. The maximum Gasteiger partial charge on any atom is 0.191 e. The molecule has 142 valence electrons. The largest absolute Gasteiger partial charge is 0.356 e. The first kappa shape index (κ1) is 22.6. The van der Waals surface area contributed by atoms with E-state index in [0.29, 0.717) is 10.5 Å². The monoisotopic (exact) mass is 526 g/mol. The van der Waals surface area contributed by atoms with Crippen molar-refractivity contribution < 1.29 is 4.39 Å². The number of nitrogens with zero attached hydrogens (tertiary/aromatic N) is 2. The summed E-state index contributed by atoms with van der Waals surface area (Å²) >= 11 is 3.23. The van der Waals surface area contributed by atoms with Gasteiger partial charge in [-0.15, -0.1) is 24.0 Å². The molecule has 4 nitrogen and oxygen atoms in total. The summed E-state index contributed by atoms with van der Waals surface area (Å²) in [5, 5.41) is 6.87. The standard InChI is InChI=1S/C18H28BrFN4.HI/c1-3-10-24-11-7-15(8-12-24)23-18(21-2)22-9-6-14-4-5-17(20)16(19)13-14;/h4-5,13,15H,3,6-12H2,1-2H3,(H2,21,22,23);1H. The van der Waals surface area contributed by atoms with Gasteiger partial charge in [0.05, 0.1) is 4.47 Å². The van der Waals surface area contributed by atoms with E-state index in [9.17, 15) is 4.39 Å². The average molecular weight is 527 g/mol. The number of likely N-dealkylation sites (tertiary alicyclic amines) is 1. The number of hydrogen-bond donors (Lipinski definition) is 2. The van der Waals surface area contributed by atoms with Gasteiger partial charge in [0.1, 0.15) is 5.82 Å². The molecule has 1 aromatic carbocycles. The highest BCUT2D eigenvalue weighted by atomic mass is 127. The van der Waals surface area contributed by atoms with Crippen molar-refractivity contribution in [3.05, 3.63) is 34.1 Å². The summed E-state index contributed by atoms with van der Waals surface area (Å²) < 4.78 is 13.8. The van der Waals surface area contributed by atoms with Crippen molar-refractivity contribution >= 4 is 45.9 Å². The van der Waals surface area contributed by atoms with Gasteiger partial charge in [-0.25, -0.2) is 4.39 Å². The molecule has 0 atom stereocenters. The second-order valence-electron chi connectivity index (χ2n) is 6.26. The molecule has 7 heteroatoms. The number of aliphatic imine (C=N–C) groups is 1. The third kappa shape index (κ3) is 7.78. The van der Waals surface area contributed by atoms with Crippen LogP contribution in [0.4, 0.5) is 4.39 Å². The van der Waals surface area contributed by atoms with Gasteiger partial charge in [-0.05, 0) is 65.9 Å². The third-order valence-electron chi connectivity index (χ3n) is 4.38. The van der Waals surface area contributed by atoms with Crippen LogP contribution in [-0.4, -0.2) is 50.1 Å². The van der Waals surface area contributed by atoms with E-state index in [2.05, 4.69) is 43.4 Å². The molecule has 25 heavy (non-hydrogen) atoms. The van der Waals surface area contributed by atoms with Gasteiger partial charge >= 0.3 is 0 Å². The van der Waals surface area contributed by atoms with Crippen molar-refractivity contribution in [3.8, 4) is 0 Å². The number of guanidine groups is 1. The maximum atomic E-state index is 13.2. The molecule has 0 spiro atoms. The number of piperidine rings is 1. The fourth-order valence-corrected chi connectivity index (χ4v) is 3.45. The molecule has 1 aromatic rings. The Morgan fingerprint density at radius 2 is 2.08 bits per heavy atom. The highest BCUT2D eigenvalue weighted by molar-refractivity contribution is 14.0. The number of halogens is 3. The SMILES string of the molecule is CCCN1CCC(NC(=NC)NCCc2ccc(F)c(Br)c2)CC1.I. The zero-order valence-corrected chi connectivity index (χ0v) is 18.9. The fraction of sp³-hybridized carbons (Fsp3) is 0.611. The Kier molecular flexibility index (Phi) is 10.9. The summed E-state index contributed by atoms with van der Waals surface area (Å²) in [7, 11) is 1.80. The smallest absolute Gasteiger partial charge is 0.191 e. The van der Waals surface area contributed by atoms with E-state index in [0.717, 1.165) is 50.4 Å². The molecule has 1 aliphatic rings. The summed E-state index contributed by atoms with van der Waals surface area (Å²) in [6.07, 6.45) is 4.37. The molecule has 0 radical (unpaired) electrons. The Balaban J connectivity index is 0.00000312. The van der Waals surface area contributed by atoms with Gasteiger partial charge in [0.2, 0.25) is 0 Å². The van der Waals surface area contributed by atoms with Crippen molar-refractivity contribution in [3.63, 3.8) is 0 Å². The van der Waals surface area contributed by atoms with Gasteiger partial charge in [-0.3, -0.25) is 4.99 Å². The lowest BCUT2D eigenvalue weighted by Crippen LogP contribution is -2.49. The fourth-order valence-electron chi connectivity index (χ4n) is 3.03. The molecule has 1 heterocycles. The van der Waals surface area contributed by atoms with Gasteiger partial charge in [0, 0.05) is 32.7 Å². The van der Waals surface area contributed by atoms with E-state index >= 15 is 0 Å². The first-order chi connectivity index (χ1) is 11.6. The third-order valence-corrected chi connectivity index (χ3v) is 4.99. The van der Waals surface area contributed by atoms with Crippen LogP contribution in [0.1, 0.15) is 31.7 Å². The van der Waals surface area contributed by atoms with Crippen LogP contribution in [0.2, 0.25) is 0 Å². The highest BCUT2D eigenvalue weighted by Crippen LogP contribution is 2.17. The van der Waals surface area contributed by atoms with Crippen LogP contribution in [0.5, 0.6) is 0 Å². The summed E-state index contributed by atoms with van der Waals surface area (Å²) in [6.45, 7) is 6.52. The van der Waals surface area contributed by atoms with Crippen LogP contribution in [0.25, 0.3) is 0 Å². The number of benzene rings is 1. The molecule has 0 bridgehead atoms. The van der Waals surface area contributed by atoms with E-state index in [1.165, 1.54) is 19.0 Å². The lowest BCUT2D eigenvalue weighted by atomic mass is 10.1. The first-order valence-corrected chi connectivity index (χ1v) is 9.55. The van der Waals surface area contributed by atoms with E-state index in [1.54, 1.807) is 7.05 Å². The van der Waals surface area contributed by atoms with Crippen LogP contribution >= 0.6 is 39.9 Å². The van der Waals surface area contributed by atoms with Crippen LogP contribution in [0.15, 0.2) is 27.7 Å². The average Bonchev–Trinajstić information content (AvgIpc) is 2.59. The summed E-state index contributed by atoms with van der Waals surface area (Å²) in [4.78, 5) is 6.84. The van der Waals surface area contributed by atoms with E-state index in [4.69, 9.17) is 0 Å². The Bertz CT molecular complexity index is 548. The van der Waals surface area contributed by atoms with E-state index in [1.807, 2.05) is 12.1 Å². The zero-order valence-electron chi connectivity index (χ0n) is 15.0. The van der Waals surface area contributed by atoms with Crippen LogP contribution in [-0.2, 0) is 6.42 Å². The van der Waals surface area contributed by atoms with Crippen LogP contribution in [0.3, 0.4) is 0 Å². The Morgan fingerprint density at radius 3 is 2.68 bits per heavy atom. The minimum atomic E-state index is -0.224. The molecule has 1 fully saturated rings. The Morgan fingerprint density at radius 1 is 1.36 bits per heavy atom. The molecule has 1 saturated heterocycles. The molecule has 0 aromatic heterocycles. The lowest BCUT2D eigenvalue weighted by Gasteiger charge is -2.32. The van der Waals surface area contributed by atoms with Crippen molar-refractivity contribution in [1.82, 2.24) is 15.5 Å². The van der Waals surface area contributed by atoms with E-state index < -0.39 is 0 Å². The first-order valence-electron chi connectivity index (χ1n) is 8.75.